The maximum atomic E-state index is 13.9. The first kappa shape index (κ1) is 19.3. The quantitative estimate of drug-likeness (QED) is 0.589. The van der Waals surface area contributed by atoms with Crippen molar-refractivity contribution in [2.45, 2.75) is 58.2 Å². The highest BCUT2D eigenvalue weighted by Crippen LogP contribution is 2.38. The summed E-state index contributed by atoms with van der Waals surface area (Å²) < 4.78 is 19.9. The molecule has 2 aromatic rings. The first-order valence-electron chi connectivity index (χ1n) is 9.34. The fourth-order valence-corrected chi connectivity index (χ4v) is 3.21. The zero-order valence-electron chi connectivity index (χ0n) is 16.5. The molecule has 4 heteroatoms. The molecule has 2 heterocycles. The Labute approximate surface area is 161 Å². The van der Waals surface area contributed by atoms with Gasteiger partial charge in [-0.25, -0.2) is 9.37 Å². The Hall–Kier alpha value is -2.49. The summed E-state index contributed by atoms with van der Waals surface area (Å²) in [6.07, 6.45) is 7.48. The minimum Gasteiger partial charge on any atom is -0.474 e. The van der Waals surface area contributed by atoms with E-state index in [4.69, 9.17) is 4.74 Å². The van der Waals surface area contributed by atoms with E-state index < -0.39 is 5.67 Å². The van der Waals surface area contributed by atoms with Crippen LogP contribution in [0.2, 0.25) is 0 Å². The topological polar surface area (TPSA) is 35.0 Å². The van der Waals surface area contributed by atoms with Crippen LogP contribution in [0.3, 0.4) is 0 Å². The lowest BCUT2D eigenvalue weighted by Crippen LogP contribution is -2.33. The molecular weight excluding hydrogens is 339 g/mol. The number of hydrogen-bond donors (Lipinski definition) is 0. The second-order valence-corrected chi connectivity index (χ2v) is 7.91. The van der Waals surface area contributed by atoms with Crippen LogP contribution in [0.15, 0.2) is 54.9 Å². The van der Waals surface area contributed by atoms with E-state index in [-0.39, 0.29) is 6.10 Å². The van der Waals surface area contributed by atoms with E-state index in [0.29, 0.717) is 17.4 Å². The van der Waals surface area contributed by atoms with Gasteiger partial charge in [-0.1, -0.05) is 24.3 Å². The second kappa shape index (κ2) is 7.63. The van der Waals surface area contributed by atoms with Crippen molar-refractivity contribution in [3.05, 3.63) is 71.7 Å². The molecule has 0 atom stereocenters. The van der Waals surface area contributed by atoms with Crippen LogP contribution in [0.25, 0.3) is 5.57 Å². The predicted octanol–water partition coefficient (Wildman–Crippen LogP) is 5.99. The summed E-state index contributed by atoms with van der Waals surface area (Å²) in [5.41, 5.74) is 3.48. The Morgan fingerprint density at radius 1 is 1.15 bits per heavy atom. The number of aromatic nitrogens is 2. The van der Waals surface area contributed by atoms with E-state index in [2.05, 4.69) is 16.5 Å². The van der Waals surface area contributed by atoms with E-state index in [9.17, 15) is 4.39 Å². The molecule has 0 N–H and O–H groups in total. The van der Waals surface area contributed by atoms with Crippen LogP contribution >= 0.6 is 0 Å². The summed E-state index contributed by atoms with van der Waals surface area (Å²) in [4.78, 5) is 8.85. The van der Waals surface area contributed by atoms with Gasteiger partial charge in [-0.3, -0.25) is 4.98 Å². The Kier molecular flexibility index (Phi) is 5.45. The van der Waals surface area contributed by atoms with Crippen LogP contribution in [0.4, 0.5) is 4.39 Å². The summed E-state index contributed by atoms with van der Waals surface area (Å²) in [5, 5.41) is 0. The van der Waals surface area contributed by atoms with E-state index >= 15 is 0 Å². The van der Waals surface area contributed by atoms with Crippen LogP contribution < -0.4 is 4.74 Å². The number of halogens is 1. The van der Waals surface area contributed by atoms with Crippen molar-refractivity contribution in [3.63, 3.8) is 0 Å². The number of hydrogen-bond acceptors (Lipinski definition) is 3. The van der Waals surface area contributed by atoms with Crippen LogP contribution in [0, 0.1) is 0 Å². The molecule has 0 spiro atoms. The van der Waals surface area contributed by atoms with Gasteiger partial charge in [0.15, 0.2) is 0 Å². The number of ether oxygens (including phenoxy) is 1. The van der Waals surface area contributed by atoms with Gasteiger partial charge in [0.2, 0.25) is 5.88 Å². The highest BCUT2D eigenvalue weighted by atomic mass is 19.1. The third-order valence-electron chi connectivity index (χ3n) is 4.93. The minimum absolute atomic E-state index is 0.152. The maximum Gasteiger partial charge on any atom is 0.213 e. The second-order valence-electron chi connectivity index (χ2n) is 7.91. The lowest BCUT2D eigenvalue weighted by Gasteiger charge is -2.34. The van der Waals surface area contributed by atoms with Gasteiger partial charge in [-0.2, -0.15) is 0 Å². The number of alkyl halides is 1. The van der Waals surface area contributed by atoms with Gasteiger partial charge >= 0.3 is 0 Å². The van der Waals surface area contributed by atoms with Crippen molar-refractivity contribution in [3.8, 4) is 5.88 Å². The van der Waals surface area contributed by atoms with E-state index in [1.54, 1.807) is 20.0 Å². The van der Waals surface area contributed by atoms with Crippen molar-refractivity contribution in [1.29, 1.82) is 0 Å². The largest absolute Gasteiger partial charge is 0.474 e. The predicted molar refractivity (Wildman–Crippen MR) is 107 cm³/mol. The number of rotatable bonds is 6. The molecule has 0 bridgehead atoms. The Bertz CT molecular complexity index is 826. The van der Waals surface area contributed by atoms with Gasteiger partial charge in [0.1, 0.15) is 11.8 Å². The van der Waals surface area contributed by atoms with Crippen molar-refractivity contribution in [2.75, 3.05) is 0 Å². The lowest BCUT2D eigenvalue weighted by atomic mass is 9.79. The molecule has 2 aromatic heterocycles. The first-order chi connectivity index (χ1) is 12.7. The molecule has 1 fully saturated rings. The highest BCUT2D eigenvalue weighted by molar-refractivity contribution is 5.65. The Morgan fingerprint density at radius 3 is 2.41 bits per heavy atom. The SMILES string of the molecule is C=C(C)/C=C(\C)c1ccc(O[C@H]2C[C@H](c3ccc(C(C)(C)F)cn3)C2)nc1. The van der Waals surface area contributed by atoms with Crippen molar-refractivity contribution < 1.29 is 9.13 Å². The van der Waals surface area contributed by atoms with Crippen LogP contribution in [0.5, 0.6) is 5.88 Å². The normalized spacial score (nSPS) is 20.1. The summed E-state index contributed by atoms with van der Waals surface area (Å²) in [6, 6.07) is 7.69. The smallest absolute Gasteiger partial charge is 0.213 e. The summed E-state index contributed by atoms with van der Waals surface area (Å²) in [7, 11) is 0. The molecule has 142 valence electrons. The van der Waals surface area contributed by atoms with Gasteiger partial charge in [-0.15, -0.1) is 0 Å². The molecule has 3 rings (SSSR count). The van der Waals surface area contributed by atoms with Crippen molar-refractivity contribution >= 4 is 5.57 Å². The molecule has 0 saturated heterocycles. The first-order valence-corrected chi connectivity index (χ1v) is 9.34. The lowest BCUT2D eigenvalue weighted by molar-refractivity contribution is 0.0920. The molecule has 0 amide bonds. The molecule has 0 radical (unpaired) electrons. The summed E-state index contributed by atoms with van der Waals surface area (Å²) in [5.74, 6) is 1.01. The van der Waals surface area contributed by atoms with Gasteiger partial charge < -0.3 is 4.74 Å². The van der Waals surface area contributed by atoms with Crippen LogP contribution in [0.1, 0.15) is 63.3 Å². The molecule has 3 nitrogen and oxygen atoms in total. The number of allylic oxidation sites excluding steroid dienone is 3. The Morgan fingerprint density at radius 2 is 1.89 bits per heavy atom. The number of nitrogens with zero attached hydrogens (tertiary/aromatic N) is 2. The summed E-state index contributed by atoms with van der Waals surface area (Å²) >= 11 is 0. The van der Waals surface area contributed by atoms with Crippen LogP contribution in [-0.4, -0.2) is 16.1 Å². The highest BCUT2D eigenvalue weighted by Gasteiger charge is 2.33. The zero-order chi connectivity index (χ0) is 19.6. The van der Waals surface area contributed by atoms with E-state index in [1.807, 2.05) is 50.4 Å². The molecule has 0 aromatic carbocycles. The number of pyridine rings is 2. The zero-order valence-corrected chi connectivity index (χ0v) is 16.5. The molecule has 1 aliphatic rings. The van der Waals surface area contributed by atoms with Gasteiger partial charge in [0.25, 0.3) is 0 Å². The Balaban J connectivity index is 1.54. The van der Waals surface area contributed by atoms with Gasteiger partial charge in [0.05, 0.1) is 0 Å². The van der Waals surface area contributed by atoms with Crippen LogP contribution in [-0.2, 0) is 5.67 Å². The van der Waals surface area contributed by atoms with E-state index in [1.165, 1.54) is 0 Å². The van der Waals surface area contributed by atoms with E-state index in [0.717, 1.165) is 35.2 Å². The van der Waals surface area contributed by atoms with Gasteiger partial charge in [0, 0.05) is 35.6 Å². The molecule has 0 aliphatic heterocycles. The third kappa shape index (κ3) is 4.82. The maximum absolute atomic E-state index is 13.9. The van der Waals surface area contributed by atoms with Crippen molar-refractivity contribution in [1.82, 2.24) is 9.97 Å². The monoisotopic (exact) mass is 366 g/mol. The fraction of sp³-hybridized carbons (Fsp3) is 0.391. The van der Waals surface area contributed by atoms with Crippen molar-refractivity contribution in [2.24, 2.45) is 0 Å². The minimum atomic E-state index is -1.35. The molecule has 0 unspecified atom stereocenters. The molecule has 1 saturated carbocycles. The average molecular weight is 366 g/mol. The molecule has 27 heavy (non-hydrogen) atoms. The van der Waals surface area contributed by atoms with Gasteiger partial charge in [-0.05, 0) is 63.8 Å². The summed E-state index contributed by atoms with van der Waals surface area (Å²) in [6.45, 7) is 11.0. The molecule has 1 aliphatic carbocycles. The molecular formula is C23H27FN2O. The third-order valence-corrected chi connectivity index (χ3v) is 4.93. The fourth-order valence-electron chi connectivity index (χ4n) is 3.21. The average Bonchev–Trinajstić information content (AvgIpc) is 2.57. The standard InChI is InChI=1S/C23H27FN2O/c1-15(2)10-16(3)17-6-9-22(26-13-17)27-20-11-18(12-20)21-8-7-19(14-25-21)23(4,5)24/h6-10,13-14,18,20H,1,11-12H2,2-5H3/b16-10+/t18-,20-.